The van der Waals surface area contributed by atoms with Crippen LogP contribution in [0.2, 0.25) is 0 Å². The summed E-state index contributed by atoms with van der Waals surface area (Å²) < 4.78 is 30.1. The van der Waals surface area contributed by atoms with E-state index in [1.807, 2.05) is 0 Å². The molecule has 0 unspecified atom stereocenters. The number of pyridine rings is 1. The predicted molar refractivity (Wildman–Crippen MR) is 128 cm³/mol. The SMILES string of the molecule is COc1cc2nccc(Oc3ccc(NC(=O)NN(C=O)c4cccc(F)c4)cc3)c2cc1OC. The van der Waals surface area contributed by atoms with E-state index in [4.69, 9.17) is 14.2 Å². The first-order valence-corrected chi connectivity index (χ1v) is 10.4. The van der Waals surface area contributed by atoms with Gasteiger partial charge in [-0.15, -0.1) is 0 Å². The lowest BCUT2D eigenvalue weighted by Gasteiger charge is -2.18. The van der Waals surface area contributed by atoms with Gasteiger partial charge in [-0.1, -0.05) is 6.07 Å². The number of aromatic nitrogens is 1. The van der Waals surface area contributed by atoms with Gasteiger partial charge >= 0.3 is 6.03 Å². The molecule has 0 atom stereocenters. The number of carbonyl (C=O) groups is 2. The Kier molecular flexibility index (Phi) is 6.91. The van der Waals surface area contributed by atoms with Gasteiger partial charge in [0.05, 0.1) is 25.4 Å². The van der Waals surface area contributed by atoms with E-state index in [0.29, 0.717) is 40.6 Å². The van der Waals surface area contributed by atoms with Gasteiger partial charge in [-0.2, -0.15) is 0 Å². The molecule has 9 nitrogen and oxygen atoms in total. The molecule has 178 valence electrons. The molecule has 0 radical (unpaired) electrons. The number of rotatable bonds is 8. The molecule has 0 spiro atoms. The Morgan fingerprint density at radius 1 is 0.971 bits per heavy atom. The van der Waals surface area contributed by atoms with Crippen LogP contribution in [-0.4, -0.2) is 31.6 Å². The lowest BCUT2D eigenvalue weighted by Crippen LogP contribution is -2.43. The summed E-state index contributed by atoms with van der Waals surface area (Å²) in [5.74, 6) is 1.65. The number of anilines is 2. The lowest BCUT2D eigenvalue weighted by atomic mass is 10.2. The molecule has 10 heteroatoms. The number of hydrogen-bond acceptors (Lipinski definition) is 6. The molecule has 3 aromatic carbocycles. The summed E-state index contributed by atoms with van der Waals surface area (Å²) in [7, 11) is 3.10. The third-order valence-electron chi connectivity index (χ3n) is 4.96. The van der Waals surface area contributed by atoms with Gasteiger partial charge in [-0.3, -0.25) is 9.78 Å². The summed E-state index contributed by atoms with van der Waals surface area (Å²) in [4.78, 5) is 28.0. The average Bonchev–Trinajstić information content (AvgIpc) is 2.87. The molecular formula is C25H21FN4O5. The number of amides is 3. The first-order chi connectivity index (χ1) is 17.0. The van der Waals surface area contributed by atoms with Crippen molar-refractivity contribution in [2.45, 2.75) is 0 Å². The number of nitrogens with one attached hydrogen (secondary N) is 2. The largest absolute Gasteiger partial charge is 0.493 e. The Morgan fingerprint density at radius 2 is 1.71 bits per heavy atom. The number of carbonyl (C=O) groups excluding carboxylic acids is 2. The number of hydrogen-bond donors (Lipinski definition) is 2. The van der Waals surface area contributed by atoms with Gasteiger partial charge in [0.15, 0.2) is 11.5 Å². The fourth-order valence-electron chi connectivity index (χ4n) is 3.32. The number of halogens is 1. The van der Waals surface area contributed by atoms with E-state index in [1.54, 1.807) is 62.9 Å². The van der Waals surface area contributed by atoms with E-state index in [2.05, 4.69) is 15.7 Å². The van der Waals surface area contributed by atoms with Gasteiger partial charge in [0.1, 0.15) is 17.3 Å². The quantitative estimate of drug-likeness (QED) is 0.278. The van der Waals surface area contributed by atoms with Crippen molar-refractivity contribution < 1.29 is 28.2 Å². The molecule has 0 aliphatic heterocycles. The van der Waals surface area contributed by atoms with Crippen LogP contribution in [0.4, 0.5) is 20.6 Å². The monoisotopic (exact) mass is 476 g/mol. The Bertz CT molecular complexity index is 1360. The molecule has 3 amide bonds. The smallest absolute Gasteiger partial charge is 0.338 e. The summed E-state index contributed by atoms with van der Waals surface area (Å²) in [6.45, 7) is 0. The molecule has 0 bridgehead atoms. The number of methoxy groups -OCH3 is 2. The number of urea groups is 1. The standard InChI is InChI=1S/C25H21FN4O5/c1-33-23-13-20-21(14-24(23)34-2)27-11-10-22(20)35-19-8-6-17(7-9-19)28-25(32)29-30(15-31)18-5-3-4-16(26)12-18/h3-15H,1-2H3,(H2,28,29,32). The van der Waals surface area contributed by atoms with Crippen molar-refractivity contribution in [3.05, 3.63) is 78.7 Å². The fourth-order valence-corrected chi connectivity index (χ4v) is 3.32. The van der Waals surface area contributed by atoms with Crippen LogP contribution in [0.15, 0.2) is 72.9 Å². The minimum atomic E-state index is -0.684. The second kappa shape index (κ2) is 10.4. The first-order valence-electron chi connectivity index (χ1n) is 10.4. The van der Waals surface area contributed by atoms with Crippen LogP contribution in [0.1, 0.15) is 0 Å². The molecule has 1 heterocycles. The van der Waals surface area contributed by atoms with Gasteiger partial charge in [0, 0.05) is 23.3 Å². The second-order valence-electron chi connectivity index (χ2n) is 7.18. The van der Waals surface area contributed by atoms with E-state index < -0.39 is 11.8 Å². The summed E-state index contributed by atoms with van der Waals surface area (Å²) in [6, 6.07) is 16.5. The Balaban J connectivity index is 1.45. The maximum atomic E-state index is 13.4. The van der Waals surface area contributed by atoms with E-state index in [1.165, 1.54) is 18.2 Å². The topological polar surface area (TPSA) is 102 Å². The summed E-state index contributed by atoms with van der Waals surface area (Å²) >= 11 is 0. The number of nitrogens with zero attached hydrogens (tertiary/aromatic N) is 2. The molecule has 0 fully saturated rings. The number of fused-ring (bicyclic) bond motifs is 1. The molecule has 2 N–H and O–H groups in total. The normalized spacial score (nSPS) is 10.4. The number of benzene rings is 3. The van der Waals surface area contributed by atoms with Crippen LogP contribution in [0.3, 0.4) is 0 Å². The Labute approximate surface area is 200 Å². The van der Waals surface area contributed by atoms with Crippen molar-refractivity contribution >= 4 is 34.7 Å². The van der Waals surface area contributed by atoms with Crippen LogP contribution in [-0.2, 0) is 4.79 Å². The summed E-state index contributed by atoms with van der Waals surface area (Å²) in [5, 5.41) is 4.20. The van der Waals surface area contributed by atoms with Crippen molar-refractivity contribution in [2.75, 3.05) is 24.5 Å². The maximum Gasteiger partial charge on any atom is 0.338 e. The van der Waals surface area contributed by atoms with Gasteiger partial charge in [-0.05, 0) is 54.6 Å². The van der Waals surface area contributed by atoms with Crippen LogP contribution >= 0.6 is 0 Å². The predicted octanol–water partition coefficient (Wildman–Crippen LogP) is 4.88. The van der Waals surface area contributed by atoms with Gasteiger partial charge in [0.25, 0.3) is 0 Å². The maximum absolute atomic E-state index is 13.4. The van der Waals surface area contributed by atoms with Crippen molar-refractivity contribution in [3.8, 4) is 23.0 Å². The zero-order chi connectivity index (χ0) is 24.8. The van der Waals surface area contributed by atoms with E-state index >= 15 is 0 Å². The molecule has 0 saturated carbocycles. The van der Waals surface area contributed by atoms with Crippen molar-refractivity contribution in [3.63, 3.8) is 0 Å². The van der Waals surface area contributed by atoms with Crippen LogP contribution in [0.5, 0.6) is 23.0 Å². The Hall–Kier alpha value is -4.86. The van der Waals surface area contributed by atoms with Gasteiger partial charge in [-0.25, -0.2) is 19.6 Å². The van der Waals surface area contributed by atoms with Crippen molar-refractivity contribution in [1.29, 1.82) is 0 Å². The highest BCUT2D eigenvalue weighted by molar-refractivity contribution is 5.93. The number of hydrazine groups is 1. The summed E-state index contributed by atoms with van der Waals surface area (Å²) in [6.07, 6.45) is 2.00. The van der Waals surface area contributed by atoms with Crippen LogP contribution < -0.4 is 30.0 Å². The lowest BCUT2D eigenvalue weighted by molar-refractivity contribution is -0.107. The van der Waals surface area contributed by atoms with Crippen molar-refractivity contribution in [1.82, 2.24) is 10.4 Å². The molecule has 35 heavy (non-hydrogen) atoms. The first kappa shape index (κ1) is 23.3. The van der Waals surface area contributed by atoms with Gasteiger partial charge < -0.3 is 19.5 Å². The molecular weight excluding hydrogens is 455 g/mol. The molecule has 4 rings (SSSR count). The highest BCUT2D eigenvalue weighted by Gasteiger charge is 2.13. The molecule has 1 aromatic heterocycles. The minimum absolute atomic E-state index is 0.178. The second-order valence-corrected chi connectivity index (χ2v) is 7.18. The van der Waals surface area contributed by atoms with E-state index in [9.17, 15) is 14.0 Å². The fraction of sp³-hybridized carbons (Fsp3) is 0.0800. The molecule has 4 aromatic rings. The third kappa shape index (κ3) is 5.38. The number of ether oxygens (including phenoxy) is 3. The molecule has 0 aliphatic carbocycles. The zero-order valence-electron chi connectivity index (χ0n) is 18.8. The molecule has 0 saturated heterocycles. The highest BCUT2D eigenvalue weighted by Crippen LogP contribution is 2.37. The van der Waals surface area contributed by atoms with E-state index in [-0.39, 0.29) is 5.69 Å². The molecule has 0 aliphatic rings. The zero-order valence-corrected chi connectivity index (χ0v) is 18.8. The highest BCUT2D eigenvalue weighted by atomic mass is 19.1. The average molecular weight is 476 g/mol. The minimum Gasteiger partial charge on any atom is -0.493 e. The van der Waals surface area contributed by atoms with E-state index in [0.717, 1.165) is 16.5 Å². The Morgan fingerprint density at radius 3 is 2.40 bits per heavy atom. The third-order valence-corrected chi connectivity index (χ3v) is 4.96. The van der Waals surface area contributed by atoms with Gasteiger partial charge in [0.2, 0.25) is 6.41 Å². The van der Waals surface area contributed by atoms with Crippen molar-refractivity contribution in [2.24, 2.45) is 0 Å². The van der Waals surface area contributed by atoms with Crippen LogP contribution in [0, 0.1) is 5.82 Å². The van der Waals surface area contributed by atoms with Crippen LogP contribution in [0.25, 0.3) is 10.9 Å². The summed E-state index contributed by atoms with van der Waals surface area (Å²) in [5.41, 5.74) is 3.64.